The van der Waals surface area contributed by atoms with Crippen LogP contribution < -0.4 is 21.3 Å². The number of nitrogens with two attached hydrogens (primary N) is 1. The van der Waals surface area contributed by atoms with E-state index in [0.717, 1.165) is 37.9 Å². The van der Waals surface area contributed by atoms with Crippen LogP contribution in [0.4, 0.5) is 17.3 Å². The van der Waals surface area contributed by atoms with Crippen LogP contribution in [0.5, 0.6) is 0 Å². The maximum absolute atomic E-state index is 13.4. The van der Waals surface area contributed by atoms with Crippen LogP contribution in [0.2, 0.25) is 0 Å². The van der Waals surface area contributed by atoms with Gasteiger partial charge in [-0.1, -0.05) is 32.9 Å². The number of primary amides is 1. The monoisotopic (exact) mass is 555 g/mol. The maximum atomic E-state index is 13.4. The van der Waals surface area contributed by atoms with Gasteiger partial charge in [-0.2, -0.15) is 0 Å². The van der Waals surface area contributed by atoms with Crippen LogP contribution in [-0.2, 0) is 25.3 Å². The molecule has 2 fully saturated rings. The summed E-state index contributed by atoms with van der Waals surface area (Å²) in [5.74, 6) is 0.300. The molecule has 2 amide bonds. The van der Waals surface area contributed by atoms with Gasteiger partial charge in [0, 0.05) is 37.1 Å². The van der Waals surface area contributed by atoms with E-state index >= 15 is 0 Å². The van der Waals surface area contributed by atoms with E-state index in [2.05, 4.69) is 71.0 Å². The number of piperidine rings is 1. The molecule has 3 heterocycles. The van der Waals surface area contributed by atoms with E-state index < -0.39 is 5.91 Å². The van der Waals surface area contributed by atoms with Gasteiger partial charge in [0.1, 0.15) is 11.5 Å². The second-order valence-corrected chi connectivity index (χ2v) is 13.3. The molecule has 3 aromatic rings. The van der Waals surface area contributed by atoms with Crippen LogP contribution in [0.25, 0.3) is 0 Å². The van der Waals surface area contributed by atoms with Gasteiger partial charge in [-0.3, -0.25) is 9.59 Å². The second kappa shape index (κ2) is 9.89. The van der Waals surface area contributed by atoms with Crippen LogP contribution in [0.3, 0.4) is 0 Å². The maximum Gasteiger partial charge on any atom is 0.271 e. The minimum absolute atomic E-state index is 0.0149. The van der Waals surface area contributed by atoms with Gasteiger partial charge in [-0.25, -0.2) is 9.97 Å². The van der Waals surface area contributed by atoms with Crippen molar-refractivity contribution < 1.29 is 9.59 Å². The summed E-state index contributed by atoms with van der Waals surface area (Å²) >= 11 is 0. The molecule has 1 saturated heterocycles. The van der Waals surface area contributed by atoms with Gasteiger partial charge in [-0.05, 0) is 85.6 Å². The Kier molecular flexibility index (Phi) is 6.58. The minimum atomic E-state index is -0.636. The molecular formula is C32H41N7O2. The van der Waals surface area contributed by atoms with Crippen molar-refractivity contribution in [3.63, 3.8) is 0 Å². The number of nitrogens with zero attached hydrogens (tertiary/aromatic N) is 4. The Morgan fingerprint density at radius 1 is 1.10 bits per heavy atom. The van der Waals surface area contributed by atoms with E-state index in [1.54, 1.807) is 6.20 Å². The Labute approximate surface area is 241 Å². The Hall–Kier alpha value is -3.88. The molecule has 0 bridgehead atoms. The molecule has 4 N–H and O–H groups in total. The highest BCUT2D eigenvalue weighted by Gasteiger charge is 2.39. The Balaban J connectivity index is 1.19. The number of carbonyl (C=O) groups excluding carboxylic acids is 2. The number of amides is 2. The van der Waals surface area contributed by atoms with Gasteiger partial charge in [0.05, 0.1) is 6.20 Å². The van der Waals surface area contributed by atoms with Gasteiger partial charge in [0.2, 0.25) is 0 Å². The fraction of sp³-hybridized carbons (Fsp3) is 0.500. The van der Waals surface area contributed by atoms with Crippen molar-refractivity contribution in [2.24, 2.45) is 18.2 Å². The molecule has 2 aromatic heterocycles. The number of carbonyl (C=O) groups is 2. The number of rotatable bonds is 7. The van der Waals surface area contributed by atoms with E-state index in [4.69, 9.17) is 10.7 Å². The summed E-state index contributed by atoms with van der Waals surface area (Å²) < 4.78 is 2.06. The van der Waals surface area contributed by atoms with Crippen LogP contribution in [-0.4, -0.2) is 45.0 Å². The fourth-order valence-corrected chi connectivity index (χ4v) is 6.60. The molecule has 3 aliphatic rings. The summed E-state index contributed by atoms with van der Waals surface area (Å²) in [6.45, 7) is 9.70. The van der Waals surface area contributed by atoms with Crippen molar-refractivity contribution in [3.8, 4) is 0 Å². The number of fused-ring (bicyclic) bond motifs is 1. The van der Waals surface area contributed by atoms with Gasteiger partial charge in [0.15, 0.2) is 11.5 Å². The van der Waals surface area contributed by atoms with Crippen LogP contribution in [0.1, 0.15) is 91.2 Å². The first-order valence-electron chi connectivity index (χ1n) is 14.7. The van der Waals surface area contributed by atoms with Crippen molar-refractivity contribution >= 4 is 29.1 Å². The molecule has 41 heavy (non-hydrogen) atoms. The Bertz CT molecular complexity index is 1500. The van der Waals surface area contributed by atoms with E-state index in [1.165, 1.54) is 29.7 Å². The summed E-state index contributed by atoms with van der Waals surface area (Å²) in [4.78, 5) is 37.0. The van der Waals surface area contributed by atoms with Crippen molar-refractivity contribution in [1.29, 1.82) is 0 Å². The van der Waals surface area contributed by atoms with Crippen LogP contribution in [0.15, 0.2) is 36.5 Å². The van der Waals surface area contributed by atoms with E-state index in [1.807, 2.05) is 19.2 Å². The molecule has 2 atom stereocenters. The van der Waals surface area contributed by atoms with Gasteiger partial charge in [0.25, 0.3) is 11.8 Å². The third-order valence-electron chi connectivity index (χ3n) is 9.43. The standard InChI is InChI=1S/C32H41N7O2/c1-19-23(36-30(41)24-15-20-16-31(2,3)17-25(20)38(24)5)7-6-14-39(19)26-18-34-27(28(33)40)29(37-26)35-22-10-8-21(9-11-22)32(4)12-13-32/h8-11,15,18-19,23H,6-7,12-14,16-17H2,1-5H3,(H2,33,40)(H,35,37)(H,36,41)/t19-,23-/m1/s1. The zero-order valence-electron chi connectivity index (χ0n) is 24.8. The van der Waals surface area contributed by atoms with Crippen molar-refractivity contribution in [3.05, 3.63) is 64.7 Å². The molecule has 0 radical (unpaired) electrons. The van der Waals surface area contributed by atoms with Crippen molar-refractivity contribution in [2.45, 2.75) is 83.7 Å². The normalized spacial score (nSPS) is 22.2. The Morgan fingerprint density at radius 2 is 1.83 bits per heavy atom. The number of benzene rings is 1. The third kappa shape index (κ3) is 5.18. The lowest BCUT2D eigenvalue weighted by Gasteiger charge is -2.40. The average Bonchev–Trinajstić information content (AvgIpc) is 3.51. The first-order valence-corrected chi connectivity index (χ1v) is 14.7. The first-order chi connectivity index (χ1) is 19.4. The van der Waals surface area contributed by atoms with Crippen molar-refractivity contribution in [2.75, 3.05) is 16.8 Å². The lowest BCUT2D eigenvalue weighted by atomic mass is 9.90. The molecule has 1 saturated carbocycles. The van der Waals surface area contributed by atoms with E-state index in [0.29, 0.717) is 17.3 Å². The quantitative estimate of drug-likeness (QED) is 0.392. The molecule has 1 aliphatic heterocycles. The summed E-state index contributed by atoms with van der Waals surface area (Å²) in [5, 5.41) is 6.57. The molecule has 0 unspecified atom stereocenters. The molecule has 216 valence electrons. The predicted octanol–water partition coefficient (Wildman–Crippen LogP) is 4.62. The predicted molar refractivity (Wildman–Crippen MR) is 161 cm³/mol. The highest BCUT2D eigenvalue weighted by atomic mass is 16.2. The molecule has 6 rings (SSSR count). The summed E-state index contributed by atoms with van der Waals surface area (Å²) in [6.07, 6.45) is 7.78. The fourth-order valence-electron chi connectivity index (χ4n) is 6.60. The molecular weight excluding hydrogens is 514 g/mol. The molecule has 1 aromatic carbocycles. The van der Waals surface area contributed by atoms with Crippen molar-refractivity contribution in [1.82, 2.24) is 19.9 Å². The molecule has 9 nitrogen and oxygen atoms in total. The summed E-state index contributed by atoms with van der Waals surface area (Å²) in [5.41, 5.74) is 11.7. The number of nitrogens with one attached hydrogen (secondary N) is 2. The lowest BCUT2D eigenvalue weighted by Crippen LogP contribution is -2.54. The Morgan fingerprint density at radius 3 is 2.49 bits per heavy atom. The van der Waals surface area contributed by atoms with Crippen LogP contribution >= 0.6 is 0 Å². The number of hydrogen-bond acceptors (Lipinski definition) is 6. The highest BCUT2D eigenvalue weighted by Crippen LogP contribution is 2.47. The highest BCUT2D eigenvalue weighted by molar-refractivity contribution is 5.96. The third-order valence-corrected chi connectivity index (χ3v) is 9.43. The second-order valence-electron chi connectivity index (χ2n) is 13.3. The zero-order chi connectivity index (χ0) is 29.1. The molecule has 9 heteroatoms. The molecule has 2 aliphatic carbocycles. The topological polar surface area (TPSA) is 118 Å². The molecule has 0 spiro atoms. The van der Waals surface area contributed by atoms with E-state index in [9.17, 15) is 9.59 Å². The van der Waals surface area contributed by atoms with Crippen LogP contribution in [0, 0.1) is 5.41 Å². The zero-order valence-corrected chi connectivity index (χ0v) is 24.8. The minimum Gasteiger partial charge on any atom is -0.364 e. The number of aromatic nitrogens is 3. The number of anilines is 3. The average molecular weight is 556 g/mol. The smallest absolute Gasteiger partial charge is 0.271 e. The number of hydrogen-bond donors (Lipinski definition) is 3. The largest absolute Gasteiger partial charge is 0.364 e. The van der Waals surface area contributed by atoms with Gasteiger partial charge in [-0.15, -0.1) is 0 Å². The van der Waals surface area contributed by atoms with Gasteiger partial charge >= 0.3 is 0 Å². The lowest BCUT2D eigenvalue weighted by molar-refractivity contribution is 0.0914. The SMILES string of the molecule is C[C@@H]1[C@H](NC(=O)c2cc3c(n2C)CC(C)(C)C3)CCCN1c1cnc(C(N)=O)c(Nc2ccc(C3(C)CC3)cc2)n1. The van der Waals surface area contributed by atoms with Gasteiger partial charge < -0.3 is 25.8 Å². The summed E-state index contributed by atoms with van der Waals surface area (Å²) in [6, 6.07) is 10.3. The first kappa shape index (κ1) is 27.3. The summed E-state index contributed by atoms with van der Waals surface area (Å²) in [7, 11) is 2.00. The van der Waals surface area contributed by atoms with E-state index in [-0.39, 0.29) is 34.5 Å².